The molecule has 7 heteroatoms. The number of halogens is 3. The Bertz CT molecular complexity index is 274. The van der Waals surface area contributed by atoms with Gasteiger partial charge in [-0.2, -0.15) is 0 Å². The summed E-state index contributed by atoms with van der Waals surface area (Å²) in [7, 11) is 1.74. The van der Waals surface area contributed by atoms with Gasteiger partial charge in [0.2, 0.25) is 0 Å². The fourth-order valence-corrected chi connectivity index (χ4v) is 2.39. The summed E-state index contributed by atoms with van der Waals surface area (Å²) < 4.78 is 37.2. The number of hydrogen-bond donors (Lipinski definition) is 0. The van der Waals surface area contributed by atoms with Gasteiger partial charge in [-0.05, 0) is 39.5 Å². The minimum atomic E-state index is -4.89. The van der Waals surface area contributed by atoms with Crippen LogP contribution >= 0.6 is 0 Å². The average molecular weight is 288 g/mol. The number of likely N-dealkylation sites (N-methyl/N-ethyl adjacent to an activating group) is 2. The van der Waals surface area contributed by atoms with Gasteiger partial charge >= 0.3 is 58.4 Å². The van der Waals surface area contributed by atoms with Gasteiger partial charge in [0, 0.05) is 12.6 Å². The predicted molar refractivity (Wildman–Crippen MR) is 66.0 cm³/mol. The molecule has 0 aliphatic carbocycles. The van der Waals surface area contributed by atoms with Crippen molar-refractivity contribution in [2.24, 2.45) is 0 Å². The van der Waals surface area contributed by atoms with Gasteiger partial charge in [-0.25, -0.2) is 0 Å². The molecule has 1 saturated heterocycles. The molecule has 0 N–H and O–H groups in total. The van der Waals surface area contributed by atoms with E-state index in [0.29, 0.717) is 12.6 Å². The van der Waals surface area contributed by atoms with Crippen molar-refractivity contribution in [3.05, 3.63) is 12.1 Å². The summed E-state index contributed by atoms with van der Waals surface area (Å²) in [5, 5.41) is 0. The molecule has 1 aliphatic rings. The van der Waals surface area contributed by atoms with Gasteiger partial charge in [-0.3, -0.25) is 4.90 Å². The zero-order valence-electron chi connectivity index (χ0n) is 11.6. The molecule has 1 unspecified atom stereocenters. The van der Waals surface area contributed by atoms with Crippen molar-refractivity contribution in [1.29, 1.82) is 0 Å². The number of hydrogen-bond acceptors (Lipinski definition) is 2. The van der Waals surface area contributed by atoms with E-state index in [-0.39, 0.29) is 57.9 Å². The first-order chi connectivity index (χ1) is 7.84. The van der Waals surface area contributed by atoms with Crippen LogP contribution in [0.5, 0.6) is 0 Å². The van der Waals surface area contributed by atoms with E-state index in [9.17, 15) is 12.9 Å². The van der Waals surface area contributed by atoms with Crippen LogP contribution < -0.4 is 51.4 Å². The van der Waals surface area contributed by atoms with Gasteiger partial charge in [0.05, 0.1) is 0 Å². The molecule has 0 aromatic rings. The second kappa shape index (κ2) is 8.44. The first-order valence-corrected chi connectivity index (χ1v) is 6.14. The van der Waals surface area contributed by atoms with Gasteiger partial charge in [0.1, 0.15) is 0 Å². The summed E-state index contributed by atoms with van der Waals surface area (Å²) in [5.41, 5.74) is -0.603. The Morgan fingerprint density at radius 1 is 1.44 bits per heavy atom. The third-order valence-electron chi connectivity index (χ3n) is 3.36. The van der Waals surface area contributed by atoms with Gasteiger partial charge in [-0.15, -0.1) is 12.1 Å². The molecule has 0 radical (unpaired) electrons. The maximum atomic E-state index is 12.4. The largest absolute Gasteiger partial charge is 1.00 e. The molecular weight excluding hydrogens is 267 g/mol. The van der Waals surface area contributed by atoms with Crippen molar-refractivity contribution in [3.8, 4) is 0 Å². The van der Waals surface area contributed by atoms with Crippen molar-refractivity contribution >= 4 is 6.98 Å². The fraction of sp³-hybridized carbons (Fsp3) is 0.818. The molecule has 0 saturated carbocycles. The van der Waals surface area contributed by atoms with Crippen molar-refractivity contribution in [1.82, 2.24) is 9.80 Å². The van der Waals surface area contributed by atoms with E-state index >= 15 is 0 Å². The van der Waals surface area contributed by atoms with Crippen LogP contribution in [0.2, 0.25) is 0 Å². The topological polar surface area (TPSA) is 6.48 Å². The van der Waals surface area contributed by atoms with Crippen LogP contribution in [0.3, 0.4) is 0 Å². The molecule has 1 heterocycles. The Kier molecular flexibility index (Phi) is 8.98. The minimum absolute atomic E-state index is 0. The Balaban J connectivity index is 0.00000289. The van der Waals surface area contributed by atoms with Crippen LogP contribution in [0.15, 0.2) is 12.1 Å². The maximum absolute atomic E-state index is 12.4. The third kappa shape index (κ3) is 6.07. The molecular formula is C11H21BF3KN2. The molecule has 1 atom stereocenters. The van der Waals surface area contributed by atoms with Gasteiger partial charge in [0.25, 0.3) is 0 Å². The number of rotatable bonds is 6. The molecule has 0 spiro atoms. The summed E-state index contributed by atoms with van der Waals surface area (Å²) >= 11 is 0. The number of likely N-dealkylation sites (tertiary alicyclic amines) is 1. The molecule has 0 aromatic carbocycles. The minimum Gasteiger partial charge on any atom is -0.445 e. The van der Waals surface area contributed by atoms with Crippen molar-refractivity contribution in [3.63, 3.8) is 0 Å². The van der Waals surface area contributed by atoms with Gasteiger partial charge in [-0.1, -0.05) is 6.92 Å². The molecule has 100 valence electrons. The molecule has 1 aliphatic heterocycles. The van der Waals surface area contributed by atoms with Crippen LogP contribution in [-0.2, 0) is 0 Å². The van der Waals surface area contributed by atoms with E-state index in [4.69, 9.17) is 0 Å². The second-order valence-electron chi connectivity index (χ2n) is 4.85. The summed E-state index contributed by atoms with van der Waals surface area (Å²) in [4.78, 5) is 4.06. The monoisotopic (exact) mass is 288 g/mol. The van der Waals surface area contributed by atoms with Crippen LogP contribution in [0.4, 0.5) is 12.9 Å². The first kappa shape index (κ1) is 19.2. The van der Waals surface area contributed by atoms with Crippen LogP contribution in [0, 0.1) is 0 Å². The summed E-state index contributed by atoms with van der Waals surface area (Å²) in [6.07, 6.45) is 2.23. The Morgan fingerprint density at radius 3 is 2.56 bits per heavy atom. The second-order valence-corrected chi connectivity index (χ2v) is 4.85. The van der Waals surface area contributed by atoms with E-state index in [0.717, 1.165) is 25.9 Å². The summed E-state index contributed by atoms with van der Waals surface area (Å²) in [6.45, 7) is 2.99. The van der Waals surface area contributed by atoms with E-state index in [1.54, 1.807) is 11.9 Å². The number of nitrogens with zero attached hydrogens (tertiary/aromatic N) is 2. The predicted octanol–water partition coefficient (Wildman–Crippen LogP) is -0.651. The van der Waals surface area contributed by atoms with Crippen molar-refractivity contribution in [2.45, 2.75) is 25.8 Å². The molecule has 1 fully saturated rings. The Hall–Kier alpha value is 1.15. The van der Waals surface area contributed by atoms with E-state index in [1.165, 1.54) is 0 Å². The SMILES string of the molecule is C=C(CN(C)CC1CCCN1CC)[B-](F)(F)F.[K+]. The molecule has 2 nitrogen and oxygen atoms in total. The Labute approximate surface area is 150 Å². The van der Waals surface area contributed by atoms with Crippen molar-refractivity contribution in [2.75, 3.05) is 33.2 Å². The van der Waals surface area contributed by atoms with Crippen LogP contribution in [0.25, 0.3) is 0 Å². The van der Waals surface area contributed by atoms with Gasteiger partial charge in [0.15, 0.2) is 0 Å². The van der Waals surface area contributed by atoms with E-state index in [2.05, 4.69) is 18.4 Å². The smallest absolute Gasteiger partial charge is 0.445 e. The zero-order valence-corrected chi connectivity index (χ0v) is 14.8. The average Bonchev–Trinajstić information content (AvgIpc) is 2.63. The zero-order chi connectivity index (χ0) is 13.1. The quantitative estimate of drug-likeness (QED) is 0.599. The summed E-state index contributed by atoms with van der Waals surface area (Å²) in [6, 6.07) is 0.401. The van der Waals surface area contributed by atoms with E-state index in [1.807, 2.05) is 0 Å². The molecule has 0 aromatic heterocycles. The van der Waals surface area contributed by atoms with Gasteiger partial charge < -0.3 is 17.8 Å². The fourth-order valence-electron chi connectivity index (χ4n) is 2.39. The molecule has 1 rings (SSSR count). The van der Waals surface area contributed by atoms with E-state index < -0.39 is 12.4 Å². The summed E-state index contributed by atoms with van der Waals surface area (Å²) in [5.74, 6) is 0. The third-order valence-corrected chi connectivity index (χ3v) is 3.36. The Morgan fingerprint density at radius 2 is 2.06 bits per heavy atom. The molecule has 0 bridgehead atoms. The first-order valence-electron chi connectivity index (χ1n) is 6.14. The standard InChI is InChI=1S/C11H21BF3N2.K/c1-4-17-7-5-6-11(17)9-16(3)8-10(2)12(13,14)15;/h11H,2,4-9H2,1,3H3;/q-1;+1. The normalized spacial score (nSPS) is 21.1. The molecule has 18 heavy (non-hydrogen) atoms. The van der Waals surface area contributed by atoms with Crippen molar-refractivity contribution < 1.29 is 64.3 Å². The maximum Gasteiger partial charge on any atom is 1.00 e. The van der Waals surface area contributed by atoms with Crippen LogP contribution in [0.1, 0.15) is 19.8 Å². The molecule has 0 amide bonds. The van der Waals surface area contributed by atoms with Crippen LogP contribution in [-0.4, -0.2) is 56.0 Å².